The fourth-order valence-electron chi connectivity index (χ4n) is 1.15. The second kappa shape index (κ2) is 4.55. The Labute approximate surface area is 82.1 Å². The lowest BCUT2D eigenvalue weighted by molar-refractivity contribution is -0.700. The van der Waals surface area contributed by atoms with E-state index in [1.54, 1.807) is 10.6 Å². The second-order valence-electron chi connectivity index (χ2n) is 2.70. The summed E-state index contributed by atoms with van der Waals surface area (Å²) in [7, 11) is 0. The molecule has 1 aromatic rings. The van der Waals surface area contributed by atoms with E-state index in [0.717, 1.165) is 0 Å². The quantitative estimate of drug-likeness (QED) is 0.415. The van der Waals surface area contributed by atoms with Gasteiger partial charge in [-0.15, -0.1) is 0 Å². The van der Waals surface area contributed by atoms with Crippen molar-refractivity contribution in [2.75, 3.05) is 6.61 Å². The van der Waals surface area contributed by atoms with Crippen LogP contribution in [0.4, 0.5) is 5.69 Å². The van der Waals surface area contributed by atoms with Crippen molar-refractivity contribution in [2.24, 2.45) is 0 Å². The first-order valence-electron chi connectivity index (χ1n) is 4.49. The summed E-state index contributed by atoms with van der Waals surface area (Å²) >= 11 is 0. The van der Waals surface area contributed by atoms with Crippen LogP contribution in [0.15, 0.2) is 18.3 Å². The van der Waals surface area contributed by atoms with Gasteiger partial charge in [0, 0.05) is 6.07 Å². The maximum Gasteiger partial charge on any atom is 0.368 e. The molecule has 0 unspecified atom stereocenters. The minimum absolute atomic E-state index is 0.0790. The first-order chi connectivity index (χ1) is 6.69. The molecule has 5 heteroatoms. The number of nitrogens with zero attached hydrogens (tertiary/aromatic N) is 2. The highest BCUT2D eigenvalue weighted by Crippen LogP contribution is 2.11. The van der Waals surface area contributed by atoms with Crippen LogP contribution in [-0.2, 0) is 6.54 Å². The number of nitro groups is 1. The Morgan fingerprint density at radius 2 is 2.21 bits per heavy atom. The highest BCUT2D eigenvalue weighted by molar-refractivity contribution is 5.24. The zero-order chi connectivity index (χ0) is 10.6. The van der Waals surface area contributed by atoms with Crippen molar-refractivity contribution >= 4 is 5.69 Å². The fraction of sp³-hybridized carbons (Fsp3) is 0.444. The van der Waals surface area contributed by atoms with E-state index in [9.17, 15) is 10.1 Å². The maximum absolute atomic E-state index is 10.5. The van der Waals surface area contributed by atoms with E-state index in [1.165, 1.54) is 12.3 Å². The average Bonchev–Trinajstić information content (AvgIpc) is 2.18. The van der Waals surface area contributed by atoms with Crippen LogP contribution in [0.25, 0.3) is 0 Å². The van der Waals surface area contributed by atoms with Crippen LogP contribution >= 0.6 is 0 Å². The van der Waals surface area contributed by atoms with E-state index in [4.69, 9.17) is 4.74 Å². The molecule has 0 saturated carbocycles. The van der Waals surface area contributed by atoms with Gasteiger partial charge in [-0.25, -0.2) is 0 Å². The van der Waals surface area contributed by atoms with Gasteiger partial charge in [0.25, 0.3) is 0 Å². The third kappa shape index (κ3) is 2.18. The molecule has 0 aliphatic rings. The van der Waals surface area contributed by atoms with E-state index in [0.29, 0.717) is 19.0 Å². The number of aromatic nitrogens is 1. The minimum Gasteiger partial charge on any atom is -0.445 e. The molecule has 0 aliphatic heterocycles. The molecule has 5 nitrogen and oxygen atoms in total. The summed E-state index contributed by atoms with van der Waals surface area (Å²) in [5.74, 6) is 0.653. The van der Waals surface area contributed by atoms with E-state index < -0.39 is 4.92 Å². The number of hydrogen-bond acceptors (Lipinski definition) is 3. The highest BCUT2D eigenvalue weighted by atomic mass is 16.6. The minimum atomic E-state index is -0.415. The SMILES string of the molecule is CCOc1ccc([N+](=O)[O-])c[n+]1CC. The molecule has 14 heavy (non-hydrogen) atoms. The molecule has 0 aromatic carbocycles. The monoisotopic (exact) mass is 197 g/mol. The van der Waals surface area contributed by atoms with Gasteiger partial charge in [-0.2, -0.15) is 4.57 Å². The predicted molar refractivity (Wildman–Crippen MR) is 50.1 cm³/mol. The Morgan fingerprint density at radius 1 is 1.50 bits per heavy atom. The Kier molecular flexibility index (Phi) is 3.39. The molecule has 1 heterocycles. The summed E-state index contributed by atoms with van der Waals surface area (Å²) in [5, 5.41) is 10.5. The second-order valence-corrected chi connectivity index (χ2v) is 2.70. The maximum atomic E-state index is 10.5. The van der Waals surface area contributed by atoms with Crippen molar-refractivity contribution in [1.29, 1.82) is 0 Å². The molecule has 0 bridgehead atoms. The zero-order valence-electron chi connectivity index (χ0n) is 8.27. The van der Waals surface area contributed by atoms with Crippen molar-refractivity contribution in [1.82, 2.24) is 0 Å². The first-order valence-corrected chi connectivity index (χ1v) is 4.49. The lowest BCUT2D eigenvalue weighted by Gasteiger charge is -2.01. The van der Waals surface area contributed by atoms with Crippen molar-refractivity contribution in [3.63, 3.8) is 0 Å². The summed E-state index contributed by atoms with van der Waals surface area (Å²) in [6.07, 6.45) is 1.48. The number of pyridine rings is 1. The number of aryl methyl sites for hydroxylation is 1. The van der Waals surface area contributed by atoms with Gasteiger partial charge in [-0.1, -0.05) is 0 Å². The van der Waals surface area contributed by atoms with Crippen LogP contribution in [0.3, 0.4) is 0 Å². The standard InChI is InChI=1S/C9H13N2O3/c1-3-10-7-8(11(12)13)5-6-9(10)14-4-2/h5-7H,3-4H2,1-2H3/q+1. The van der Waals surface area contributed by atoms with Crippen LogP contribution in [0.1, 0.15) is 13.8 Å². The van der Waals surface area contributed by atoms with E-state index in [2.05, 4.69) is 0 Å². The average molecular weight is 197 g/mol. The molecule has 0 atom stereocenters. The third-order valence-corrected chi connectivity index (χ3v) is 1.81. The smallest absolute Gasteiger partial charge is 0.368 e. The van der Waals surface area contributed by atoms with Crippen molar-refractivity contribution < 1.29 is 14.2 Å². The summed E-state index contributed by atoms with van der Waals surface area (Å²) in [4.78, 5) is 10.1. The molecular formula is C9H13N2O3+. The van der Waals surface area contributed by atoms with Crippen LogP contribution in [0, 0.1) is 10.1 Å². The van der Waals surface area contributed by atoms with Crippen molar-refractivity contribution in [2.45, 2.75) is 20.4 Å². The van der Waals surface area contributed by atoms with Crippen LogP contribution < -0.4 is 9.30 Å². The summed E-state index contributed by atoms with van der Waals surface area (Å²) in [5.41, 5.74) is 0.0790. The van der Waals surface area contributed by atoms with Gasteiger partial charge < -0.3 is 4.74 Å². The number of hydrogen-bond donors (Lipinski definition) is 0. The Balaban J connectivity index is 3.04. The molecule has 0 amide bonds. The van der Waals surface area contributed by atoms with Gasteiger partial charge in [-0.05, 0) is 13.8 Å². The molecule has 0 fully saturated rings. The summed E-state index contributed by atoms with van der Waals surface area (Å²) in [6, 6.07) is 3.06. The number of rotatable bonds is 4. The normalized spacial score (nSPS) is 9.86. The Hall–Kier alpha value is -1.65. The Morgan fingerprint density at radius 3 is 2.71 bits per heavy atom. The van der Waals surface area contributed by atoms with E-state index in [-0.39, 0.29) is 5.69 Å². The molecule has 0 N–H and O–H groups in total. The molecule has 0 spiro atoms. The topological polar surface area (TPSA) is 56.3 Å². The fourth-order valence-corrected chi connectivity index (χ4v) is 1.15. The molecular weight excluding hydrogens is 184 g/mol. The third-order valence-electron chi connectivity index (χ3n) is 1.81. The molecule has 0 radical (unpaired) electrons. The van der Waals surface area contributed by atoms with Crippen LogP contribution in [0.5, 0.6) is 5.88 Å². The lowest BCUT2D eigenvalue weighted by Crippen LogP contribution is -2.34. The van der Waals surface area contributed by atoms with Gasteiger partial charge in [0.2, 0.25) is 6.20 Å². The van der Waals surface area contributed by atoms with Gasteiger partial charge in [-0.3, -0.25) is 10.1 Å². The lowest BCUT2D eigenvalue weighted by atomic mass is 10.4. The van der Waals surface area contributed by atoms with E-state index in [1.807, 2.05) is 13.8 Å². The largest absolute Gasteiger partial charge is 0.445 e. The zero-order valence-corrected chi connectivity index (χ0v) is 8.27. The molecule has 1 aromatic heterocycles. The van der Waals surface area contributed by atoms with Gasteiger partial charge in [0.05, 0.1) is 17.6 Å². The first kappa shape index (κ1) is 10.4. The van der Waals surface area contributed by atoms with Crippen LogP contribution in [-0.4, -0.2) is 11.5 Å². The van der Waals surface area contributed by atoms with Crippen molar-refractivity contribution in [3.8, 4) is 5.88 Å². The summed E-state index contributed by atoms with van der Waals surface area (Å²) in [6.45, 7) is 4.99. The number of ether oxygens (including phenoxy) is 1. The van der Waals surface area contributed by atoms with Gasteiger partial charge in [0.1, 0.15) is 6.54 Å². The van der Waals surface area contributed by atoms with Gasteiger partial charge in [0.15, 0.2) is 0 Å². The predicted octanol–water partition coefficient (Wildman–Crippen LogP) is 1.30. The van der Waals surface area contributed by atoms with Crippen molar-refractivity contribution in [3.05, 3.63) is 28.4 Å². The van der Waals surface area contributed by atoms with E-state index >= 15 is 0 Å². The Bertz CT molecular complexity index is 339. The molecule has 0 saturated heterocycles. The van der Waals surface area contributed by atoms with Crippen LogP contribution in [0.2, 0.25) is 0 Å². The highest BCUT2D eigenvalue weighted by Gasteiger charge is 2.16. The molecule has 0 aliphatic carbocycles. The summed E-state index contributed by atoms with van der Waals surface area (Å²) < 4.78 is 7.01. The molecule has 76 valence electrons. The molecule has 1 rings (SSSR count). The van der Waals surface area contributed by atoms with Gasteiger partial charge >= 0.3 is 11.6 Å².